The molecule has 0 atom stereocenters. The van der Waals surface area contributed by atoms with Crippen molar-refractivity contribution in [2.45, 2.75) is 0 Å². The maximum Gasteiger partial charge on any atom is 0.164 e. The first-order chi connectivity index (χ1) is 31.3. The van der Waals surface area contributed by atoms with Gasteiger partial charge in [0.05, 0.1) is 16.7 Å². The first kappa shape index (κ1) is 36.4. The zero-order valence-corrected chi connectivity index (χ0v) is 34.2. The second kappa shape index (κ2) is 15.2. The summed E-state index contributed by atoms with van der Waals surface area (Å²) in [5.41, 5.74) is 12.5. The smallest absolute Gasteiger partial charge is 0.164 e. The van der Waals surface area contributed by atoms with E-state index in [1.165, 1.54) is 32.3 Å². The van der Waals surface area contributed by atoms with Gasteiger partial charge in [0.1, 0.15) is 0 Å². The van der Waals surface area contributed by atoms with Crippen LogP contribution in [0.5, 0.6) is 0 Å². The van der Waals surface area contributed by atoms with E-state index in [0.29, 0.717) is 17.5 Å². The molecule has 0 aliphatic carbocycles. The minimum Gasteiger partial charge on any atom is -0.308 e. The van der Waals surface area contributed by atoms with Crippen molar-refractivity contribution in [3.63, 3.8) is 0 Å². The third kappa shape index (κ3) is 6.27. The topological polar surface area (TPSA) is 43.6 Å². The number of fused-ring (bicyclic) bond motifs is 6. The highest BCUT2D eigenvalue weighted by molar-refractivity contribution is 6.24. The number of benzene rings is 10. The lowest BCUT2D eigenvalue weighted by molar-refractivity contribution is 1.07. The normalized spacial score (nSPS) is 11.5. The Morgan fingerprint density at radius 3 is 1.33 bits per heavy atom. The Morgan fingerprint density at radius 2 is 0.746 bits per heavy atom. The SMILES string of the molecule is c1ccc(-c2nc(-c3ccccc3)nc(-c3cc(-c4ccccc4)c(-n4c5cc6ccccc6cc5c5c6ccccc6ccc54)c(-c4ccccc4)c3-c3ccccc3)n2)cc1. The molecule has 0 fully saturated rings. The summed E-state index contributed by atoms with van der Waals surface area (Å²) in [7, 11) is 0. The van der Waals surface area contributed by atoms with E-state index < -0.39 is 0 Å². The first-order valence-corrected chi connectivity index (χ1v) is 21.4. The van der Waals surface area contributed by atoms with Crippen LogP contribution in [0.15, 0.2) is 231 Å². The van der Waals surface area contributed by atoms with Gasteiger partial charge in [-0.2, -0.15) is 0 Å². The predicted molar refractivity (Wildman–Crippen MR) is 262 cm³/mol. The predicted octanol–water partition coefficient (Wildman–Crippen LogP) is 15.3. The van der Waals surface area contributed by atoms with Crippen molar-refractivity contribution in [2.75, 3.05) is 0 Å². The highest BCUT2D eigenvalue weighted by Gasteiger charge is 2.28. The molecule has 0 radical (unpaired) electrons. The van der Waals surface area contributed by atoms with Crippen molar-refractivity contribution in [3.05, 3.63) is 231 Å². The number of hydrogen-bond acceptors (Lipinski definition) is 3. The summed E-state index contributed by atoms with van der Waals surface area (Å²) in [5.74, 6) is 1.83. The van der Waals surface area contributed by atoms with Crippen LogP contribution in [0.4, 0.5) is 0 Å². The van der Waals surface area contributed by atoms with Crippen LogP contribution in [0.3, 0.4) is 0 Å². The highest BCUT2D eigenvalue weighted by Crippen LogP contribution is 2.50. The lowest BCUT2D eigenvalue weighted by Crippen LogP contribution is -2.06. The average Bonchev–Trinajstić information content (AvgIpc) is 3.69. The molecule has 10 aromatic carbocycles. The van der Waals surface area contributed by atoms with Gasteiger partial charge in [0.25, 0.3) is 0 Å². The fraction of sp³-hybridized carbons (Fsp3) is 0. The van der Waals surface area contributed by atoms with E-state index in [1.54, 1.807) is 0 Å². The summed E-state index contributed by atoms with van der Waals surface area (Å²) in [6.45, 7) is 0. The fourth-order valence-corrected chi connectivity index (χ4v) is 9.35. The van der Waals surface area contributed by atoms with Gasteiger partial charge in [0, 0.05) is 44.2 Å². The molecule has 294 valence electrons. The third-order valence-electron chi connectivity index (χ3n) is 12.2. The Bertz CT molecular complexity index is 3580. The van der Waals surface area contributed by atoms with E-state index in [4.69, 9.17) is 15.0 Å². The van der Waals surface area contributed by atoms with E-state index in [0.717, 1.165) is 66.8 Å². The molecule has 12 rings (SSSR count). The largest absolute Gasteiger partial charge is 0.308 e. The van der Waals surface area contributed by atoms with E-state index in [1.807, 2.05) is 36.4 Å². The van der Waals surface area contributed by atoms with E-state index >= 15 is 0 Å². The summed E-state index contributed by atoms with van der Waals surface area (Å²) in [6, 6.07) is 81.9. The Labute approximate surface area is 365 Å². The van der Waals surface area contributed by atoms with Crippen molar-refractivity contribution in [3.8, 4) is 73.2 Å². The second-order valence-corrected chi connectivity index (χ2v) is 15.9. The summed E-state index contributed by atoms with van der Waals surface area (Å²) in [4.78, 5) is 15.9. The van der Waals surface area contributed by atoms with E-state index in [2.05, 4.69) is 199 Å². The molecule has 0 spiro atoms. The molecular weight excluding hydrogens is 765 g/mol. The first-order valence-electron chi connectivity index (χ1n) is 21.4. The van der Waals surface area contributed by atoms with Crippen LogP contribution in [0, 0.1) is 0 Å². The molecule has 2 heterocycles. The summed E-state index contributed by atoms with van der Waals surface area (Å²) >= 11 is 0. The second-order valence-electron chi connectivity index (χ2n) is 15.9. The van der Waals surface area contributed by atoms with Gasteiger partial charge < -0.3 is 4.57 Å². The van der Waals surface area contributed by atoms with Crippen LogP contribution in [-0.4, -0.2) is 19.5 Å². The number of aromatic nitrogens is 4. The molecule has 0 saturated heterocycles. The standard InChI is InChI=1S/C59H38N4/c1-6-20-39(21-7-1)48-38-50(59-61-57(43-27-12-4-13-28-43)60-58(62-59)44-29-14-5-15-30-44)53(41-23-8-2-9-24-41)54(42-25-10-3-11-26-42)56(48)63-51-35-34-40-22-18-19-33-47(40)55(51)49-36-45-31-16-17-32-46(45)37-52(49)63/h1-38H. The van der Waals surface area contributed by atoms with Gasteiger partial charge in [-0.15, -0.1) is 0 Å². The minimum atomic E-state index is 0.599. The van der Waals surface area contributed by atoms with Crippen molar-refractivity contribution >= 4 is 43.4 Å². The zero-order valence-electron chi connectivity index (χ0n) is 34.2. The molecule has 2 aromatic heterocycles. The molecule has 0 unspecified atom stereocenters. The molecule has 0 aliphatic rings. The van der Waals surface area contributed by atoms with Crippen molar-refractivity contribution in [2.24, 2.45) is 0 Å². The lowest BCUT2D eigenvalue weighted by atomic mass is 9.84. The van der Waals surface area contributed by atoms with Gasteiger partial charge in [-0.25, -0.2) is 15.0 Å². The van der Waals surface area contributed by atoms with Crippen LogP contribution in [-0.2, 0) is 0 Å². The van der Waals surface area contributed by atoms with Gasteiger partial charge >= 0.3 is 0 Å². The maximum absolute atomic E-state index is 5.39. The van der Waals surface area contributed by atoms with Crippen LogP contribution in [0.2, 0.25) is 0 Å². The molecule has 0 amide bonds. The van der Waals surface area contributed by atoms with Crippen LogP contribution >= 0.6 is 0 Å². The molecule has 0 aliphatic heterocycles. The van der Waals surface area contributed by atoms with Gasteiger partial charge in [0.2, 0.25) is 0 Å². The average molecular weight is 803 g/mol. The molecule has 4 heteroatoms. The van der Waals surface area contributed by atoms with Gasteiger partial charge in [-0.05, 0) is 62.5 Å². The molecule has 0 saturated carbocycles. The Hall–Kier alpha value is -8.47. The Kier molecular flexibility index (Phi) is 8.79. The maximum atomic E-state index is 5.39. The lowest BCUT2D eigenvalue weighted by Gasteiger charge is -2.25. The molecule has 12 aromatic rings. The Balaban J connectivity index is 1.31. The van der Waals surface area contributed by atoms with Gasteiger partial charge in [-0.3, -0.25) is 0 Å². The molecular formula is C59H38N4. The number of nitrogens with zero attached hydrogens (tertiary/aromatic N) is 4. The molecule has 0 bridgehead atoms. The quantitative estimate of drug-likeness (QED) is 0.161. The number of rotatable bonds is 7. The summed E-state index contributed by atoms with van der Waals surface area (Å²) < 4.78 is 2.53. The van der Waals surface area contributed by atoms with Crippen molar-refractivity contribution in [1.82, 2.24) is 19.5 Å². The third-order valence-corrected chi connectivity index (χ3v) is 12.2. The van der Waals surface area contributed by atoms with E-state index in [-0.39, 0.29) is 0 Å². The van der Waals surface area contributed by atoms with Crippen LogP contribution in [0.25, 0.3) is 117 Å². The van der Waals surface area contributed by atoms with Crippen LogP contribution < -0.4 is 0 Å². The van der Waals surface area contributed by atoms with E-state index in [9.17, 15) is 0 Å². The van der Waals surface area contributed by atoms with Crippen molar-refractivity contribution < 1.29 is 0 Å². The monoisotopic (exact) mass is 802 g/mol. The zero-order chi connectivity index (χ0) is 41.7. The summed E-state index contributed by atoms with van der Waals surface area (Å²) in [5, 5.41) is 7.27. The molecule has 63 heavy (non-hydrogen) atoms. The Morgan fingerprint density at radius 1 is 0.286 bits per heavy atom. The van der Waals surface area contributed by atoms with Crippen LogP contribution in [0.1, 0.15) is 0 Å². The van der Waals surface area contributed by atoms with Crippen molar-refractivity contribution in [1.29, 1.82) is 0 Å². The fourth-order valence-electron chi connectivity index (χ4n) is 9.35. The highest BCUT2D eigenvalue weighted by atomic mass is 15.0. The number of hydrogen-bond donors (Lipinski definition) is 0. The van der Waals surface area contributed by atoms with Gasteiger partial charge in [-0.1, -0.05) is 206 Å². The molecule has 4 nitrogen and oxygen atoms in total. The minimum absolute atomic E-state index is 0.599. The summed E-state index contributed by atoms with van der Waals surface area (Å²) in [6.07, 6.45) is 0. The molecule has 0 N–H and O–H groups in total. The van der Waals surface area contributed by atoms with Gasteiger partial charge in [0.15, 0.2) is 17.5 Å².